The van der Waals surface area contributed by atoms with Crippen molar-refractivity contribution in [2.45, 2.75) is 5.03 Å². The van der Waals surface area contributed by atoms with Crippen LogP contribution in [0.15, 0.2) is 53.7 Å². The first-order chi connectivity index (χ1) is 11.4. The van der Waals surface area contributed by atoms with E-state index < -0.39 is 21.1 Å². The zero-order valence-corrected chi connectivity index (χ0v) is 14.1. The minimum Gasteiger partial charge on any atom is -0.410 e. The maximum absolute atomic E-state index is 12.4. The number of hydrogen-bond donors (Lipinski definition) is 1. The minimum atomic E-state index is -4.32. The third-order valence-electron chi connectivity index (χ3n) is 2.92. The monoisotopic (exact) mass is 385 g/mol. The first kappa shape index (κ1) is 16.6. The molecule has 0 aliphatic heterocycles. The number of imidazole rings is 1. The highest BCUT2D eigenvalue weighted by Gasteiger charge is 2.27. The molecule has 124 valence electrons. The molecule has 1 amide bonds. The Bertz CT molecular complexity index is 1020. The molecule has 3 rings (SSSR count). The number of rotatable bonds is 3. The van der Waals surface area contributed by atoms with E-state index in [1.165, 1.54) is 34.9 Å². The van der Waals surface area contributed by atoms with E-state index in [1.807, 2.05) is 0 Å². The van der Waals surface area contributed by atoms with Gasteiger partial charge in [-0.05, 0) is 24.3 Å². The Balaban J connectivity index is 1.92. The van der Waals surface area contributed by atoms with Crippen LogP contribution < -0.4 is 9.46 Å². The van der Waals surface area contributed by atoms with Crippen LogP contribution in [0.3, 0.4) is 0 Å². The number of nitrogens with zero attached hydrogens (tertiary/aromatic N) is 2. The normalized spacial score (nSPS) is 11.4. The summed E-state index contributed by atoms with van der Waals surface area (Å²) in [4.78, 5) is 15.7. The van der Waals surface area contributed by atoms with Crippen molar-refractivity contribution in [2.24, 2.45) is 0 Å². The van der Waals surface area contributed by atoms with Crippen molar-refractivity contribution in [3.63, 3.8) is 0 Å². The summed E-state index contributed by atoms with van der Waals surface area (Å²) in [6, 6.07) is 11.0. The maximum atomic E-state index is 12.4. The molecule has 2 heterocycles. The Morgan fingerprint density at radius 1 is 1.12 bits per heavy atom. The lowest BCUT2D eigenvalue weighted by atomic mass is 10.3. The summed E-state index contributed by atoms with van der Waals surface area (Å²) in [5, 5.41) is -0.427. The number of amides is 1. The number of fused-ring (bicyclic) bond motifs is 1. The molecule has 3 aromatic rings. The van der Waals surface area contributed by atoms with Gasteiger partial charge in [-0.15, -0.1) is 0 Å². The number of nitrogens with one attached hydrogen (secondary N) is 1. The summed E-state index contributed by atoms with van der Waals surface area (Å²) in [5.74, 6) is 0.192. The highest BCUT2D eigenvalue weighted by Crippen LogP contribution is 2.24. The Kier molecular flexibility index (Phi) is 4.35. The molecule has 2 aromatic heterocycles. The van der Waals surface area contributed by atoms with Crippen molar-refractivity contribution in [1.82, 2.24) is 14.1 Å². The number of benzene rings is 1. The van der Waals surface area contributed by atoms with E-state index in [0.29, 0.717) is 0 Å². The summed E-state index contributed by atoms with van der Waals surface area (Å²) in [7, 11) is -4.32. The van der Waals surface area contributed by atoms with Crippen LogP contribution in [0.2, 0.25) is 10.2 Å². The molecule has 0 bridgehead atoms. The number of para-hydroxylation sites is 1. The summed E-state index contributed by atoms with van der Waals surface area (Å²) in [5.41, 5.74) is 0.265. The van der Waals surface area contributed by atoms with Gasteiger partial charge in [0.25, 0.3) is 10.0 Å². The van der Waals surface area contributed by atoms with Gasteiger partial charge in [-0.2, -0.15) is 8.42 Å². The maximum Gasteiger partial charge on any atom is 0.426 e. The molecule has 0 unspecified atom stereocenters. The predicted octanol–water partition coefficient (Wildman–Crippen LogP) is 3.12. The Labute approximate surface area is 146 Å². The van der Waals surface area contributed by atoms with E-state index in [9.17, 15) is 13.2 Å². The fourth-order valence-corrected chi connectivity index (χ4v) is 3.66. The highest BCUT2D eigenvalue weighted by molar-refractivity contribution is 7.90. The lowest BCUT2D eigenvalue weighted by molar-refractivity contribution is 0.207. The molecule has 7 nitrogen and oxygen atoms in total. The Morgan fingerprint density at radius 3 is 2.54 bits per heavy atom. The van der Waals surface area contributed by atoms with Gasteiger partial charge < -0.3 is 4.74 Å². The smallest absolute Gasteiger partial charge is 0.410 e. The van der Waals surface area contributed by atoms with Crippen molar-refractivity contribution in [2.75, 3.05) is 0 Å². The van der Waals surface area contributed by atoms with Crippen LogP contribution in [0, 0.1) is 0 Å². The number of halogens is 2. The molecule has 0 radical (unpaired) electrons. The highest BCUT2D eigenvalue weighted by atomic mass is 35.5. The number of aromatic nitrogens is 2. The quantitative estimate of drug-likeness (QED) is 0.747. The Hall–Kier alpha value is -2.29. The lowest BCUT2D eigenvalue weighted by Crippen LogP contribution is -2.33. The minimum absolute atomic E-state index is 0.192. The number of ether oxygens (including phenoxy) is 1. The first-order valence-electron chi connectivity index (χ1n) is 6.49. The van der Waals surface area contributed by atoms with Gasteiger partial charge in [0.1, 0.15) is 11.4 Å². The molecular formula is C14H9Cl2N3O4S. The van der Waals surface area contributed by atoms with Crippen LogP contribution >= 0.6 is 23.2 Å². The summed E-state index contributed by atoms with van der Waals surface area (Å²) in [6.07, 6.45) is 0.154. The van der Waals surface area contributed by atoms with Crippen LogP contribution in [0.1, 0.15) is 0 Å². The molecule has 0 atom stereocenters. The van der Waals surface area contributed by atoms with Crippen molar-refractivity contribution in [1.29, 1.82) is 0 Å². The fourth-order valence-electron chi connectivity index (χ4n) is 1.98. The number of pyridine rings is 1. The van der Waals surface area contributed by atoms with Gasteiger partial charge in [-0.3, -0.25) is 4.40 Å². The zero-order valence-electron chi connectivity index (χ0n) is 11.8. The Morgan fingerprint density at radius 2 is 1.83 bits per heavy atom. The summed E-state index contributed by atoms with van der Waals surface area (Å²) in [6.45, 7) is 0. The third-order valence-corrected chi connectivity index (χ3v) is 4.86. The fraction of sp³-hybridized carbons (Fsp3) is 0. The number of hydrogen-bond acceptors (Lipinski definition) is 5. The molecule has 1 N–H and O–H groups in total. The molecule has 0 aliphatic carbocycles. The second-order valence-corrected chi connectivity index (χ2v) is 6.98. The van der Waals surface area contributed by atoms with E-state index in [-0.39, 0.29) is 21.6 Å². The molecule has 24 heavy (non-hydrogen) atoms. The molecule has 0 spiro atoms. The number of carbonyl (C=O) groups excluding carboxylic acids is 1. The average molecular weight is 386 g/mol. The van der Waals surface area contributed by atoms with Crippen molar-refractivity contribution in [3.8, 4) is 5.75 Å². The second-order valence-electron chi connectivity index (χ2n) is 4.59. The number of sulfonamides is 1. The van der Waals surface area contributed by atoms with Crippen LogP contribution in [0.25, 0.3) is 5.65 Å². The van der Waals surface area contributed by atoms with Gasteiger partial charge in [0.2, 0.25) is 0 Å². The van der Waals surface area contributed by atoms with Crippen LogP contribution in [-0.2, 0) is 10.0 Å². The number of carbonyl (C=O) groups is 1. The average Bonchev–Trinajstić information content (AvgIpc) is 2.83. The predicted molar refractivity (Wildman–Crippen MR) is 88.0 cm³/mol. The largest absolute Gasteiger partial charge is 0.426 e. The molecule has 10 heteroatoms. The van der Waals surface area contributed by atoms with Gasteiger partial charge >= 0.3 is 6.09 Å². The van der Waals surface area contributed by atoms with Gasteiger partial charge in [0.15, 0.2) is 10.2 Å². The first-order valence-corrected chi connectivity index (χ1v) is 8.73. The molecule has 1 aromatic carbocycles. The van der Waals surface area contributed by atoms with E-state index in [1.54, 1.807) is 22.9 Å². The van der Waals surface area contributed by atoms with E-state index in [4.69, 9.17) is 27.9 Å². The molecule has 0 saturated heterocycles. The van der Waals surface area contributed by atoms with Gasteiger partial charge in [0, 0.05) is 6.20 Å². The van der Waals surface area contributed by atoms with Gasteiger partial charge in [-0.25, -0.2) is 14.5 Å². The standard InChI is InChI=1S/C14H9Cl2N3O4S/c15-9-6-7-11-17-12(16)13(19(11)8-9)24(21,22)18-14(20)23-10-4-2-1-3-5-10/h1-8H,(H,18,20). The van der Waals surface area contributed by atoms with Gasteiger partial charge in [0.05, 0.1) is 5.02 Å². The van der Waals surface area contributed by atoms with Crippen LogP contribution in [-0.4, -0.2) is 23.9 Å². The molecule has 0 saturated carbocycles. The summed E-state index contributed by atoms with van der Waals surface area (Å²) < 4.78 is 32.7. The van der Waals surface area contributed by atoms with Crippen molar-refractivity contribution in [3.05, 3.63) is 58.8 Å². The lowest BCUT2D eigenvalue weighted by Gasteiger charge is -2.08. The second kappa shape index (κ2) is 6.31. The van der Waals surface area contributed by atoms with E-state index >= 15 is 0 Å². The zero-order chi connectivity index (χ0) is 17.3. The van der Waals surface area contributed by atoms with Crippen molar-refractivity contribution < 1.29 is 17.9 Å². The van der Waals surface area contributed by atoms with E-state index in [0.717, 1.165) is 0 Å². The third kappa shape index (κ3) is 3.30. The van der Waals surface area contributed by atoms with Crippen molar-refractivity contribution >= 4 is 45.0 Å². The molecule has 0 fully saturated rings. The molecule has 0 aliphatic rings. The van der Waals surface area contributed by atoms with Crippen LogP contribution in [0.5, 0.6) is 5.75 Å². The molecular weight excluding hydrogens is 377 g/mol. The topological polar surface area (TPSA) is 89.8 Å². The van der Waals surface area contributed by atoms with Gasteiger partial charge in [-0.1, -0.05) is 41.4 Å². The van der Waals surface area contributed by atoms with Crippen LogP contribution in [0.4, 0.5) is 4.79 Å². The SMILES string of the molecule is O=C(NS(=O)(=O)c1c(Cl)nc2ccc(Cl)cn12)Oc1ccccc1. The summed E-state index contributed by atoms with van der Waals surface area (Å²) >= 11 is 11.8. The van der Waals surface area contributed by atoms with E-state index in [2.05, 4.69) is 4.98 Å².